The molecule has 4 heteroatoms. The Morgan fingerprint density at radius 2 is 2.20 bits per heavy atom. The number of ether oxygens (including phenoxy) is 1. The Bertz CT molecular complexity index is 489. The van der Waals surface area contributed by atoms with Crippen molar-refractivity contribution in [3.05, 3.63) is 28.2 Å². The maximum absolute atomic E-state index is 12.4. The highest BCUT2D eigenvalue weighted by Gasteiger charge is 2.24. The summed E-state index contributed by atoms with van der Waals surface area (Å²) in [4.78, 5) is 14.7. The van der Waals surface area contributed by atoms with Crippen LogP contribution < -0.4 is 4.74 Å². The van der Waals surface area contributed by atoms with E-state index in [0.717, 1.165) is 28.2 Å². The van der Waals surface area contributed by atoms with E-state index in [-0.39, 0.29) is 5.78 Å². The molecule has 0 bridgehead atoms. The molecular weight excluding hydrogens is 318 g/mol. The molecule has 2 unspecified atom stereocenters. The molecule has 0 amide bonds. The number of likely N-dealkylation sites (tertiary alicyclic amines) is 1. The van der Waals surface area contributed by atoms with E-state index in [9.17, 15) is 4.79 Å². The van der Waals surface area contributed by atoms with Crippen LogP contribution in [0.2, 0.25) is 0 Å². The number of methoxy groups -OCH3 is 1. The first kappa shape index (κ1) is 15.5. The van der Waals surface area contributed by atoms with E-state index < -0.39 is 0 Å². The van der Waals surface area contributed by atoms with Crippen LogP contribution >= 0.6 is 15.9 Å². The molecule has 0 aliphatic carbocycles. The van der Waals surface area contributed by atoms with Crippen LogP contribution in [0.15, 0.2) is 22.7 Å². The summed E-state index contributed by atoms with van der Waals surface area (Å²) in [5.41, 5.74) is 0.739. The second-order valence-electron chi connectivity index (χ2n) is 5.72. The van der Waals surface area contributed by atoms with Crippen molar-refractivity contribution in [2.24, 2.45) is 5.92 Å². The minimum absolute atomic E-state index is 0.176. The Hall–Kier alpha value is -0.870. The van der Waals surface area contributed by atoms with Crippen LogP contribution in [0.5, 0.6) is 5.75 Å². The fourth-order valence-electron chi connectivity index (χ4n) is 2.81. The molecule has 1 aliphatic heterocycles. The molecule has 1 aromatic rings. The number of benzene rings is 1. The summed E-state index contributed by atoms with van der Waals surface area (Å²) >= 11 is 3.43. The lowest BCUT2D eigenvalue weighted by Gasteiger charge is -2.35. The topological polar surface area (TPSA) is 29.5 Å². The molecule has 110 valence electrons. The van der Waals surface area contributed by atoms with E-state index in [2.05, 4.69) is 34.7 Å². The average Bonchev–Trinajstić information content (AvgIpc) is 2.41. The first-order chi connectivity index (χ1) is 9.51. The van der Waals surface area contributed by atoms with Gasteiger partial charge in [-0.3, -0.25) is 9.69 Å². The van der Waals surface area contributed by atoms with Gasteiger partial charge >= 0.3 is 0 Å². The fraction of sp³-hybridized carbons (Fsp3) is 0.562. The average molecular weight is 340 g/mol. The van der Waals surface area contributed by atoms with E-state index >= 15 is 0 Å². The van der Waals surface area contributed by atoms with Crippen molar-refractivity contribution in [1.82, 2.24) is 4.90 Å². The number of halogens is 1. The summed E-state index contributed by atoms with van der Waals surface area (Å²) in [5, 5.41) is 0. The molecule has 0 radical (unpaired) electrons. The van der Waals surface area contributed by atoms with Gasteiger partial charge in [0.15, 0.2) is 5.78 Å². The molecule has 1 aliphatic rings. The Kier molecular flexibility index (Phi) is 5.22. The number of carbonyl (C=O) groups is 1. The standard InChI is InChI=1S/C16H22BrNO2/c1-11-6-7-18(12(2)8-11)10-15(19)13-4-5-16(20-3)14(17)9-13/h4-5,9,11-12H,6-8,10H2,1-3H3. The highest BCUT2D eigenvalue weighted by Crippen LogP contribution is 2.26. The lowest BCUT2D eigenvalue weighted by Crippen LogP contribution is -2.43. The van der Waals surface area contributed by atoms with Gasteiger partial charge in [-0.15, -0.1) is 0 Å². The van der Waals surface area contributed by atoms with Gasteiger partial charge in [0.25, 0.3) is 0 Å². The van der Waals surface area contributed by atoms with Gasteiger partial charge in [0.05, 0.1) is 18.1 Å². The van der Waals surface area contributed by atoms with Gasteiger partial charge in [0.2, 0.25) is 0 Å². The zero-order valence-electron chi connectivity index (χ0n) is 12.4. The van der Waals surface area contributed by atoms with Crippen LogP contribution in [0.3, 0.4) is 0 Å². The van der Waals surface area contributed by atoms with Gasteiger partial charge in [-0.05, 0) is 66.4 Å². The Morgan fingerprint density at radius 1 is 1.45 bits per heavy atom. The van der Waals surface area contributed by atoms with Crippen molar-refractivity contribution in [2.45, 2.75) is 32.7 Å². The SMILES string of the molecule is COc1ccc(C(=O)CN2CCC(C)CC2C)cc1Br. The largest absolute Gasteiger partial charge is 0.496 e. The van der Waals surface area contributed by atoms with E-state index in [1.807, 2.05) is 18.2 Å². The summed E-state index contributed by atoms with van der Waals surface area (Å²) in [6, 6.07) is 6.00. The monoisotopic (exact) mass is 339 g/mol. The van der Waals surface area contributed by atoms with E-state index in [0.29, 0.717) is 12.6 Å². The molecule has 20 heavy (non-hydrogen) atoms. The number of piperidine rings is 1. The van der Waals surface area contributed by atoms with Gasteiger partial charge in [-0.25, -0.2) is 0 Å². The normalized spacial score (nSPS) is 23.6. The van der Waals surface area contributed by atoms with Crippen LogP contribution in [0.4, 0.5) is 0 Å². The third kappa shape index (κ3) is 3.61. The number of nitrogens with zero attached hydrogens (tertiary/aromatic N) is 1. The number of rotatable bonds is 4. The Labute approximate surface area is 129 Å². The molecule has 2 rings (SSSR count). The van der Waals surface area contributed by atoms with Crippen molar-refractivity contribution in [3.8, 4) is 5.75 Å². The predicted molar refractivity (Wildman–Crippen MR) is 84.5 cm³/mol. The number of hydrogen-bond donors (Lipinski definition) is 0. The molecule has 0 N–H and O–H groups in total. The number of Topliss-reactive ketones (excluding diaryl/α,β-unsaturated/α-hetero) is 1. The third-order valence-corrected chi connectivity index (χ3v) is 4.72. The Balaban J connectivity index is 2.03. The zero-order chi connectivity index (χ0) is 14.7. The van der Waals surface area contributed by atoms with E-state index in [1.54, 1.807) is 7.11 Å². The molecule has 3 nitrogen and oxygen atoms in total. The molecule has 0 aromatic heterocycles. The predicted octanol–water partition coefficient (Wildman–Crippen LogP) is 3.76. The third-order valence-electron chi connectivity index (χ3n) is 4.10. The highest BCUT2D eigenvalue weighted by atomic mass is 79.9. The van der Waals surface area contributed by atoms with Crippen molar-refractivity contribution in [3.63, 3.8) is 0 Å². The lowest BCUT2D eigenvalue weighted by molar-refractivity contribution is 0.0816. The highest BCUT2D eigenvalue weighted by molar-refractivity contribution is 9.10. The van der Waals surface area contributed by atoms with Crippen molar-refractivity contribution in [2.75, 3.05) is 20.2 Å². The summed E-state index contributed by atoms with van der Waals surface area (Å²) in [5.74, 6) is 1.70. The zero-order valence-corrected chi connectivity index (χ0v) is 13.9. The van der Waals surface area contributed by atoms with Crippen molar-refractivity contribution in [1.29, 1.82) is 0 Å². The lowest BCUT2D eigenvalue weighted by atomic mass is 9.93. The van der Waals surface area contributed by atoms with Crippen LogP contribution in [-0.2, 0) is 0 Å². The second kappa shape index (κ2) is 6.72. The first-order valence-electron chi connectivity index (χ1n) is 7.12. The van der Waals surface area contributed by atoms with Gasteiger partial charge < -0.3 is 4.74 Å². The summed E-state index contributed by atoms with van der Waals surface area (Å²) < 4.78 is 6.02. The quantitative estimate of drug-likeness (QED) is 0.782. The van der Waals surface area contributed by atoms with Crippen molar-refractivity contribution < 1.29 is 9.53 Å². The maximum Gasteiger partial charge on any atom is 0.176 e. The maximum atomic E-state index is 12.4. The van der Waals surface area contributed by atoms with Crippen LogP contribution in [0.25, 0.3) is 0 Å². The minimum atomic E-state index is 0.176. The number of hydrogen-bond acceptors (Lipinski definition) is 3. The van der Waals surface area contributed by atoms with Crippen molar-refractivity contribution >= 4 is 21.7 Å². The smallest absolute Gasteiger partial charge is 0.176 e. The molecule has 1 fully saturated rings. The molecular formula is C16H22BrNO2. The van der Waals surface area contributed by atoms with Crippen LogP contribution in [0, 0.1) is 5.92 Å². The van der Waals surface area contributed by atoms with E-state index in [1.165, 1.54) is 12.8 Å². The number of ketones is 1. The number of carbonyl (C=O) groups excluding carboxylic acids is 1. The molecule has 0 spiro atoms. The summed E-state index contributed by atoms with van der Waals surface area (Å²) in [7, 11) is 1.62. The molecule has 2 atom stereocenters. The van der Waals surface area contributed by atoms with E-state index in [4.69, 9.17) is 4.74 Å². The second-order valence-corrected chi connectivity index (χ2v) is 6.58. The summed E-state index contributed by atoms with van der Waals surface area (Å²) in [6.07, 6.45) is 2.36. The first-order valence-corrected chi connectivity index (χ1v) is 7.91. The molecule has 1 aromatic carbocycles. The Morgan fingerprint density at radius 3 is 2.80 bits per heavy atom. The molecule has 1 saturated heterocycles. The summed E-state index contributed by atoms with van der Waals surface area (Å²) in [6.45, 7) is 6.03. The van der Waals surface area contributed by atoms with Gasteiger partial charge in [-0.1, -0.05) is 6.92 Å². The van der Waals surface area contributed by atoms with Gasteiger partial charge in [0, 0.05) is 11.6 Å². The minimum Gasteiger partial charge on any atom is -0.496 e. The fourth-order valence-corrected chi connectivity index (χ4v) is 3.35. The molecule has 1 heterocycles. The van der Waals surface area contributed by atoms with Gasteiger partial charge in [0.1, 0.15) is 5.75 Å². The molecule has 0 saturated carbocycles. The van der Waals surface area contributed by atoms with Crippen LogP contribution in [-0.4, -0.2) is 36.9 Å². The van der Waals surface area contributed by atoms with Crippen LogP contribution in [0.1, 0.15) is 37.0 Å². The van der Waals surface area contributed by atoms with Gasteiger partial charge in [-0.2, -0.15) is 0 Å².